The summed E-state index contributed by atoms with van der Waals surface area (Å²) >= 11 is 0. The molecule has 0 aliphatic heterocycles. The third-order valence-corrected chi connectivity index (χ3v) is 2.20. The standard InChI is InChI=1S/3C5H10O2.Y/c3*1-2-3-4-5(6)7;/h3*2-4H2,1H3,(H,6,7);/q;;;+3/p-3. The summed E-state index contributed by atoms with van der Waals surface area (Å²) in [7, 11) is 0. The van der Waals surface area contributed by atoms with Crippen LogP contribution in [0.4, 0.5) is 0 Å². The average molecular weight is 392 g/mol. The summed E-state index contributed by atoms with van der Waals surface area (Å²) < 4.78 is 0. The smallest absolute Gasteiger partial charge is 0.550 e. The maximum Gasteiger partial charge on any atom is 3.00 e. The maximum absolute atomic E-state index is 9.65. The van der Waals surface area contributed by atoms with Crippen molar-refractivity contribution in [2.45, 2.75) is 78.6 Å². The van der Waals surface area contributed by atoms with E-state index in [0.29, 0.717) is 0 Å². The van der Waals surface area contributed by atoms with Gasteiger partial charge in [0.25, 0.3) is 0 Å². The SMILES string of the molecule is CCCCC(=O)[O-].CCCCC(=O)[O-].CCCCC(=O)[O-].[Y+3]. The van der Waals surface area contributed by atoms with Crippen LogP contribution in [0, 0.1) is 0 Å². The van der Waals surface area contributed by atoms with Crippen molar-refractivity contribution >= 4 is 17.9 Å². The van der Waals surface area contributed by atoms with Gasteiger partial charge < -0.3 is 29.7 Å². The molecule has 0 rings (SSSR count). The predicted molar refractivity (Wildman–Crippen MR) is 73.6 cm³/mol. The second-order valence-corrected chi connectivity index (χ2v) is 4.43. The van der Waals surface area contributed by atoms with Crippen molar-refractivity contribution in [3.8, 4) is 0 Å². The summed E-state index contributed by atoms with van der Waals surface area (Å²) in [4.78, 5) is 28.9. The third kappa shape index (κ3) is 50.5. The van der Waals surface area contributed by atoms with E-state index in [1.807, 2.05) is 20.8 Å². The Hall–Kier alpha value is -0.486. The van der Waals surface area contributed by atoms with Crippen LogP contribution in [0.5, 0.6) is 0 Å². The van der Waals surface area contributed by atoms with Crippen LogP contribution >= 0.6 is 0 Å². The van der Waals surface area contributed by atoms with Crippen LogP contribution in [0.2, 0.25) is 0 Å². The minimum absolute atomic E-state index is 0. The minimum atomic E-state index is -0.943. The van der Waals surface area contributed by atoms with Crippen LogP contribution in [-0.2, 0) is 47.1 Å². The van der Waals surface area contributed by atoms with Crippen molar-refractivity contribution < 1.29 is 62.4 Å². The Bertz CT molecular complexity index is 226. The van der Waals surface area contributed by atoms with Gasteiger partial charge in [0.15, 0.2) is 0 Å². The Kier molecular flexibility index (Phi) is 34.2. The number of carbonyl (C=O) groups is 3. The predicted octanol–water partition coefficient (Wildman–Crippen LogP) is -0.223. The molecule has 22 heavy (non-hydrogen) atoms. The van der Waals surface area contributed by atoms with Crippen molar-refractivity contribution in [1.82, 2.24) is 0 Å². The van der Waals surface area contributed by atoms with E-state index in [-0.39, 0.29) is 52.0 Å². The first-order chi connectivity index (χ1) is 9.81. The van der Waals surface area contributed by atoms with E-state index in [9.17, 15) is 29.7 Å². The molecule has 0 aliphatic carbocycles. The number of hydrogen-bond acceptors (Lipinski definition) is 6. The molecule has 6 nitrogen and oxygen atoms in total. The van der Waals surface area contributed by atoms with E-state index in [1.54, 1.807) is 0 Å². The van der Waals surface area contributed by atoms with Crippen molar-refractivity contribution in [1.29, 1.82) is 0 Å². The van der Waals surface area contributed by atoms with E-state index in [4.69, 9.17) is 0 Å². The van der Waals surface area contributed by atoms with E-state index in [1.165, 1.54) is 0 Å². The van der Waals surface area contributed by atoms with Gasteiger partial charge in [0, 0.05) is 17.9 Å². The summed E-state index contributed by atoms with van der Waals surface area (Å²) in [6.07, 6.45) is 5.60. The molecule has 0 fully saturated rings. The Labute approximate surface area is 158 Å². The first-order valence-corrected chi connectivity index (χ1v) is 7.41. The van der Waals surface area contributed by atoms with Gasteiger partial charge in [-0.05, 0) is 38.5 Å². The molecule has 0 saturated heterocycles. The number of carboxylic acid groups (broad SMARTS) is 3. The summed E-state index contributed by atoms with van der Waals surface area (Å²) in [6, 6.07) is 0. The van der Waals surface area contributed by atoms with E-state index in [2.05, 4.69) is 0 Å². The van der Waals surface area contributed by atoms with Crippen molar-refractivity contribution in [2.24, 2.45) is 0 Å². The molecule has 0 aliphatic rings. The number of carboxylic acids is 3. The van der Waals surface area contributed by atoms with E-state index >= 15 is 0 Å². The zero-order chi connectivity index (χ0) is 17.1. The molecule has 0 amide bonds. The van der Waals surface area contributed by atoms with E-state index in [0.717, 1.165) is 38.5 Å². The Morgan fingerprint density at radius 2 is 0.773 bits per heavy atom. The number of rotatable bonds is 9. The molecule has 0 atom stereocenters. The molecule has 0 aromatic carbocycles. The quantitative estimate of drug-likeness (QED) is 0.535. The summed E-state index contributed by atoms with van der Waals surface area (Å²) in [5, 5.41) is 28.9. The normalized spacial score (nSPS) is 8.32. The van der Waals surface area contributed by atoms with E-state index < -0.39 is 17.9 Å². The number of hydrogen-bond donors (Lipinski definition) is 0. The Balaban J connectivity index is -0.000000108. The third-order valence-electron chi connectivity index (χ3n) is 2.20. The van der Waals surface area contributed by atoms with Gasteiger partial charge in [0.2, 0.25) is 0 Å². The van der Waals surface area contributed by atoms with Gasteiger partial charge in [-0.15, -0.1) is 0 Å². The van der Waals surface area contributed by atoms with Gasteiger partial charge in [0.1, 0.15) is 0 Å². The van der Waals surface area contributed by atoms with Crippen molar-refractivity contribution in [3.63, 3.8) is 0 Å². The maximum atomic E-state index is 9.65. The second-order valence-electron chi connectivity index (χ2n) is 4.43. The van der Waals surface area contributed by atoms with Crippen LogP contribution in [0.15, 0.2) is 0 Å². The van der Waals surface area contributed by atoms with Gasteiger partial charge in [-0.25, -0.2) is 0 Å². The zero-order valence-electron chi connectivity index (χ0n) is 13.9. The van der Waals surface area contributed by atoms with Gasteiger partial charge in [-0.3, -0.25) is 0 Å². The van der Waals surface area contributed by atoms with Crippen LogP contribution in [-0.4, -0.2) is 17.9 Å². The molecule has 0 saturated carbocycles. The van der Waals surface area contributed by atoms with Gasteiger partial charge >= 0.3 is 32.7 Å². The molecule has 0 aromatic rings. The van der Waals surface area contributed by atoms with Crippen LogP contribution in [0.1, 0.15) is 78.6 Å². The molecule has 0 spiro atoms. The number of unbranched alkanes of at least 4 members (excludes halogenated alkanes) is 3. The summed E-state index contributed by atoms with van der Waals surface area (Å²) in [5.74, 6) is -2.83. The molecule has 0 N–H and O–H groups in total. The van der Waals surface area contributed by atoms with Gasteiger partial charge in [0.05, 0.1) is 0 Å². The topological polar surface area (TPSA) is 120 Å². The fraction of sp³-hybridized carbons (Fsp3) is 0.800. The molecular weight excluding hydrogens is 365 g/mol. The molecule has 0 aromatic heterocycles. The van der Waals surface area contributed by atoms with Crippen LogP contribution in [0.3, 0.4) is 0 Å². The molecule has 0 radical (unpaired) electrons. The van der Waals surface area contributed by atoms with Gasteiger partial charge in [-0.1, -0.05) is 40.0 Å². The molecule has 0 bridgehead atoms. The molecule has 0 unspecified atom stereocenters. The number of aliphatic carboxylic acids is 3. The molecule has 126 valence electrons. The zero-order valence-corrected chi connectivity index (χ0v) is 16.7. The molecule has 0 heterocycles. The van der Waals surface area contributed by atoms with Crippen molar-refractivity contribution in [3.05, 3.63) is 0 Å². The second kappa shape index (κ2) is 25.5. The minimum Gasteiger partial charge on any atom is -0.550 e. The molecule has 7 heteroatoms. The number of carbonyl (C=O) groups excluding carboxylic acids is 3. The molecular formula is C15H27O6Y. The van der Waals surface area contributed by atoms with Gasteiger partial charge in [-0.2, -0.15) is 0 Å². The monoisotopic (exact) mass is 392 g/mol. The first-order valence-electron chi connectivity index (χ1n) is 7.41. The van der Waals surface area contributed by atoms with Crippen LogP contribution < -0.4 is 15.3 Å². The first kappa shape index (κ1) is 29.5. The fourth-order valence-electron chi connectivity index (χ4n) is 0.963. The fourth-order valence-corrected chi connectivity index (χ4v) is 0.963. The Morgan fingerprint density at radius 1 is 0.591 bits per heavy atom. The largest absolute Gasteiger partial charge is 3.00 e. The van der Waals surface area contributed by atoms with Crippen LogP contribution in [0.25, 0.3) is 0 Å². The summed E-state index contributed by atoms with van der Waals surface area (Å²) in [6.45, 7) is 5.84. The summed E-state index contributed by atoms with van der Waals surface area (Å²) in [5.41, 5.74) is 0. The average Bonchev–Trinajstić information content (AvgIpc) is 2.41. The Morgan fingerprint density at radius 3 is 0.818 bits per heavy atom. The van der Waals surface area contributed by atoms with Crippen molar-refractivity contribution in [2.75, 3.05) is 0 Å².